The second-order valence-corrected chi connectivity index (χ2v) is 12.1. The van der Waals surface area contributed by atoms with Gasteiger partial charge in [-0.2, -0.15) is 0 Å². The van der Waals surface area contributed by atoms with E-state index in [1.807, 2.05) is 17.5 Å². The van der Waals surface area contributed by atoms with Crippen LogP contribution >= 0.6 is 34.4 Å². The Hall–Kier alpha value is -3.87. The zero-order chi connectivity index (χ0) is 27.3. The number of thiophene rings is 1. The zero-order valence-electron chi connectivity index (χ0n) is 20.4. The summed E-state index contributed by atoms with van der Waals surface area (Å²) in [5.41, 5.74) is 0.936. The smallest absolute Gasteiger partial charge is 0.308 e. The molecule has 2 N–H and O–H groups in total. The number of amides is 3. The van der Waals surface area contributed by atoms with Gasteiger partial charge in [0, 0.05) is 21.4 Å². The molecule has 4 aromatic rings. The van der Waals surface area contributed by atoms with Crippen LogP contribution < -0.4 is 19.8 Å². The Bertz CT molecular complexity index is 1630. The van der Waals surface area contributed by atoms with Gasteiger partial charge in [0.1, 0.15) is 23.3 Å². The summed E-state index contributed by atoms with van der Waals surface area (Å²) in [6, 6.07) is 16.6. The minimum atomic E-state index is -0.750. The molecule has 3 atom stereocenters. The zero-order valence-corrected chi connectivity index (χ0v) is 22.8. The number of phenols is 1. The lowest BCUT2D eigenvalue weighted by atomic mass is 9.87. The van der Waals surface area contributed by atoms with Crippen molar-refractivity contribution in [3.05, 3.63) is 85.5 Å². The van der Waals surface area contributed by atoms with Crippen LogP contribution in [0.1, 0.15) is 15.7 Å². The van der Waals surface area contributed by atoms with Gasteiger partial charge in [-0.25, -0.2) is 4.90 Å². The largest absolute Gasteiger partial charge is 0.508 e. The number of nitrogens with zero attached hydrogens (tertiary/aromatic N) is 2. The number of hydrogen-bond donors (Lipinski definition) is 2. The SMILES string of the molecule is COc1ccc(N2C(=O)C3Sc4c(sc(=O)n4CC(=O)Nc4ccc(O)cc4)C(c4cccs4)C3C2=O)cc1. The molecule has 1 saturated heterocycles. The van der Waals surface area contributed by atoms with Gasteiger partial charge in [0.05, 0.1) is 23.7 Å². The average Bonchev–Trinajstić information content (AvgIpc) is 3.63. The molecular formula is C27H21N3O6S3. The highest BCUT2D eigenvalue weighted by Crippen LogP contribution is 2.54. The van der Waals surface area contributed by atoms with Gasteiger partial charge in [0.2, 0.25) is 17.7 Å². The molecule has 4 heterocycles. The number of phenolic OH excluding ortho intramolecular Hbond substituents is 1. The number of thioether (sulfide) groups is 1. The summed E-state index contributed by atoms with van der Waals surface area (Å²) in [7, 11) is 1.54. The van der Waals surface area contributed by atoms with E-state index < -0.39 is 23.0 Å². The van der Waals surface area contributed by atoms with E-state index in [1.165, 1.54) is 44.7 Å². The van der Waals surface area contributed by atoms with Gasteiger partial charge in [-0.1, -0.05) is 29.2 Å². The summed E-state index contributed by atoms with van der Waals surface area (Å²) < 4.78 is 6.59. The molecule has 2 aliphatic rings. The van der Waals surface area contributed by atoms with Gasteiger partial charge in [0.15, 0.2) is 0 Å². The minimum absolute atomic E-state index is 0.0705. The maximum atomic E-state index is 13.8. The number of anilines is 2. The number of carbonyl (C=O) groups is 3. The lowest BCUT2D eigenvalue weighted by Crippen LogP contribution is -2.32. The predicted molar refractivity (Wildman–Crippen MR) is 150 cm³/mol. The van der Waals surface area contributed by atoms with Gasteiger partial charge in [-0.05, 0) is 60.0 Å². The molecule has 2 aromatic heterocycles. The van der Waals surface area contributed by atoms with Crippen LogP contribution in [0, 0.1) is 5.92 Å². The van der Waals surface area contributed by atoms with Crippen molar-refractivity contribution in [1.82, 2.24) is 4.57 Å². The molecule has 0 saturated carbocycles. The van der Waals surface area contributed by atoms with Crippen LogP contribution in [0.3, 0.4) is 0 Å². The number of methoxy groups -OCH3 is 1. The van der Waals surface area contributed by atoms with Crippen LogP contribution in [0.25, 0.3) is 0 Å². The van der Waals surface area contributed by atoms with E-state index in [9.17, 15) is 24.3 Å². The number of aromatic hydroxyl groups is 1. The van der Waals surface area contributed by atoms with Crippen molar-refractivity contribution in [2.75, 3.05) is 17.3 Å². The second-order valence-electron chi connectivity index (χ2n) is 8.99. The molecule has 6 rings (SSSR count). The molecule has 1 fully saturated rings. The molecule has 0 spiro atoms. The fourth-order valence-corrected chi connectivity index (χ4v) is 8.63. The summed E-state index contributed by atoms with van der Waals surface area (Å²) in [5, 5.41) is 13.9. The quantitative estimate of drug-likeness (QED) is 0.261. The summed E-state index contributed by atoms with van der Waals surface area (Å²) in [4.78, 5) is 56.0. The molecule has 0 aliphatic carbocycles. The van der Waals surface area contributed by atoms with Crippen LogP contribution in [0.5, 0.6) is 11.5 Å². The number of fused-ring (bicyclic) bond motifs is 2. The third kappa shape index (κ3) is 4.44. The van der Waals surface area contributed by atoms with Crippen LogP contribution in [0.4, 0.5) is 11.4 Å². The molecule has 3 amide bonds. The number of benzene rings is 2. The van der Waals surface area contributed by atoms with Gasteiger partial charge >= 0.3 is 4.87 Å². The molecular weight excluding hydrogens is 559 g/mol. The molecule has 0 bridgehead atoms. The van der Waals surface area contributed by atoms with E-state index in [2.05, 4.69) is 5.32 Å². The highest BCUT2D eigenvalue weighted by molar-refractivity contribution is 8.00. The third-order valence-corrected chi connectivity index (χ3v) is 10.2. The number of nitrogens with one attached hydrogen (secondary N) is 1. The van der Waals surface area contributed by atoms with Gasteiger partial charge in [-0.15, -0.1) is 11.3 Å². The molecule has 0 radical (unpaired) electrons. The Morgan fingerprint density at radius 3 is 2.44 bits per heavy atom. The van der Waals surface area contributed by atoms with Gasteiger partial charge in [0.25, 0.3) is 0 Å². The number of hydrogen-bond acceptors (Lipinski definition) is 9. The normalized spacial score (nSPS) is 20.0. The standard InChI is InChI=1S/C27H21N3O6S3/c1-36-17-10-6-15(7-11-17)30-24(33)21-20(18-3-2-12-37-18)23-26(38-22(21)25(30)34)29(27(35)39-23)13-19(32)28-14-4-8-16(31)9-5-14/h2-12,20-22,31H,13H2,1H3,(H,28,32). The topological polar surface area (TPSA) is 118 Å². The van der Waals surface area contributed by atoms with Crippen molar-refractivity contribution in [2.45, 2.75) is 22.7 Å². The summed E-state index contributed by atoms with van der Waals surface area (Å²) in [5.74, 6) is -1.58. The van der Waals surface area contributed by atoms with Gasteiger partial charge < -0.3 is 15.2 Å². The Labute approximate surface area is 234 Å². The Morgan fingerprint density at radius 2 is 1.77 bits per heavy atom. The van der Waals surface area contributed by atoms with E-state index in [4.69, 9.17) is 4.74 Å². The number of rotatable bonds is 6. The number of aromatic nitrogens is 1. The number of imide groups is 1. The average molecular weight is 580 g/mol. The molecule has 39 heavy (non-hydrogen) atoms. The highest BCUT2D eigenvalue weighted by Gasteiger charge is 2.57. The summed E-state index contributed by atoms with van der Waals surface area (Å²) in [6.07, 6.45) is 0. The Kier molecular flexibility index (Phi) is 6.53. The van der Waals surface area contributed by atoms with Crippen LogP contribution in [-0.4, -0.2) is 39.8 Å². The van der Waals surface area contributed by atoms with Crippen molar-refractivity contribution in [1.29, 1.82) is 0 Å². The molecule has 2 aliphatic heterocycles. The summed E-state index contributed by atoms with van der Waals surface area (Å²) in [6.45, 7) is -0.253. The van der Waals surface area contributed by atoms with Crippen LogP contribution in [0.15, 0.2) is 75.9 Å². The molecule has 3 unspecified atom stereocenters. The van der Waals surface area contributed by atoms with E-state index in [0.29, 0.717) is 27.0 Å². The first-order valence-corrected chi connectivity index (χ1v) is 14.5. The fraction of sp³-hybridized carbons (Fsp3) is 0.185. The van der Waals surface area contributed by atoms with Crippen LogP contribution in [0.2, 0.25) is 0 Å². The summed E-state index contributed by atoms with van der Waals surface area (Å²) >= 11 is 3.65. The van der Waals surface area contributed by atoms with Crippen LogP contribution in [-0.2, 0) is 20.9 Å². The lowest BCUT2D eigenvalue weighted by Gasteiger charge is -2.29. The van der Waals surface area contributed by atoms with E-state index in [-0.39, 0.29) is 29.0 Å². The molecule has 198 valence electrons. The van der Waals surface area contributed by atoms with Crippen molar-refractivity contribution < 1.29 is 24.2 Å². The van der Waals surface area contributed by atoms with Crippen molar-refractivity contribution in [2.24, 2.45) is 5.92 Å². The fourth-order valence-electron chi connectivity index (χ4n) is 4.90. The van der Waals surface area contributed by atoms with E-state index in [0.717, 1.165) is 16.2 Å². The first-order valence-electron chi connectivity index (χ1n) is 11.9. The second kappa shape index (κ2) is 10.0. The maximum absolute atomic E-state index is 13.8. The predicted octanol–water partition coefficient (Wildman–Crippen LogP) is 4.12. The Balaban J connectivity index is 1.36. The first kappa shape index (κ1) is 25.4. The minimum Gasteiger partial charge on any atom is -0.508 e. The number of thiazole rings is 1. The molecule has 12 heteroatoms. The molecule has 9 nitrogen and oxygen atoms in total. The first-order chi connectivity index (χ1) is 18.9. The monoisotopic (exact) mass is 579 g/mol. The van der Waals surface area contributed by atoms with E-state index in [1.54, 1.807) is 43.5 Å². The van der Waals surface area contributed by atoms with Gasteiger partial charge in [-0.3, -0.25) is 23.7 Å². The third-order valence-electron chi connectivity index (χ3n) is 6.68. The van der Waals surface area contributed by atoms with Crippen molar-refractivity contribution in [3.8, 4) is 11.5 Å². The van der Waals surface area contributed by atoms with E-state index >= 15 is 0 Å². The Morgan fingerprint density at radius 1 is 1.03 bits per heavy atom. The number of carbonyl (C=O) groups excluding carboxylic acids is 3. The molecule has 2 aromatic carbocycles. The highest BCUT2D eigenvalue weighted by atomic mass is 32.2. The van der Waals surface area contributed by atoms with Crippen molar-refractivity contribution >= 4 is 63.5 Å². The maximum Gasteiger partial charge on any atom is 0.308 e. The number of ether oxygens (including phenoxy) is 1. The lowest BCUT2D eigenvalue weighted by molar-refractivity contribution is -0.122. The van der Waals surface area contributed by atoms with Crippen molar-refractivity contribution in [3.63, 3.8) is 0 Å².